The molecule has 5 nitrogen and oxygen atoms in total. The summed E-state index contributed by atoms with van der Waals surface area (Å²) in [6.07, 6.45) is 3.03. The lowest BCUT2D eigenvalue weighted by molar-refractivity contribution is 0.0302. The third kappa shape index (κ3) is 2.82. The third-order valence-electron chi connectivity index (χ3n) is 3.80. The van der Waals surface area contributed by atoms with Crippen molar-refractivity contribution in [2.75, 3.05) is 30.3 Å². The van der Waals surface area contributed by atoms with Gasteiger partial charge in [-0.1, -0.05) is 13.8 Å². The van der Waals surface area contributed by atoms with E-state index in [1.807, 2.05) is 12.1 Å². The van der Waals surface area contributed by atoms with E-state index in [1.165, 1.54) is 0 Å². The summed E-state index contributed by atoms with van der Waals surface area (Å²) in [5.74, 6) is 1.95. The van der Waals surface area contributed by atoms with Crippen LogP contribution >= 0.6 is 0 Å². The molecule has 0 amide bonds. The van der Waals surface area contributed by atoms with Gasteiger partial charge in [0.15, 0.2) is 0 Å². The molecule has 20 heavy (non-hydrogen) atoms. The Morgan fingerprint density at radius 1 is 1.35 bits per heavy atom. The molecule has 2 saturated heterocycles. The fourth-order valence-corrected chi connectivity index (χ4v) is 2.78. The number of hydrogen-bond donors (Lipinski definition) is 1. The van der Waals surface area contributed by atoms with Gasteiger partial charge >= 0.3 is 0 Å². The molecular weight excluding hydrogens is 254 g/mol. The molecular formula is C15H23N3O2. The lowest BCUT2D eigenvalue weighted by Gasteiger charge is -2.33. The zero-order chi connectivity index (χ0) is 14.1. The molecule has 2 unspecified atom stereocenters. The third-order valence-corrected chi connectivity index (χ3v) is 3.80. The van der Waals surface area contributed by atoms with Crippen molar-refractivity contribution in [2.24, 2.45) is 5.92 Å². The lowest BCUT2D eigenvalue weighted by Crippen LogP contribution is -2.43. The van der Waals surface area contributed by atoms with E-state index in [0.29, 0.717) is 36.3 Å². The van der Waals surface area contributed by atoms with E-state index in [9.17, 15) is 0 Å². The first-order chi connectivity index (χ1) is 9.61. The molecule has 5 heteroatoms. The fraction of sp³-hybridized carbons (Fsp3) is 0.667. The van der Waals surface area contributed by atoms with E-state index in [2.05, 4.69) is 23.7 Å². The molecule has 0 spiro atoms. The van der Waals surface area contributed by atoms with E-state index >= 15 is 0 Å². The molecule has 2 N–H and O–H groups in total. The molecule has 0 aliphatic carbocycles. The first-order valence-corrected chi connectivity index (χ1v) is 7.41. The second kappa shape index (κ2) is 5.48. The highest BCUT2D eigenvalue weighted by molar-refractivity contribution is 5.55. The average Bonchev–Trinajstić information content (AvgIpc) is 2.76. The highest BCUT2D eigenvalue weighted by atomic mass is 16.5. The molecule has 1 aromatic heterocycles. The van der Waals surface area contributed by atoms with Gasteiger partial charge in [0.25, 0.3) is 0 Å². The van der Waals surface area contributed by atoms with Gasteiger partial charge in [-0.15, -0.1) is 0 Å². The predicted molar refractivity (Wildman–Crippen MR) is 79.1 cm³/mol. The minimum atomic E-state index is 0.355. The van der Waals surface area contributed by atoms with Gasteiger partial charge in [-0.2, -0.15) is 4.98 Å². The normalized spacial score (nSPS) is 25.2. The van der Waals surface area contributed by atoms with Crippen LogP contribution in [-0.4, -0.2) is 36.9 Å². The molecule has 0 aromatic carbocycles. The smallest absolute Gasteiger partial charge is 0.239 e. The minimum absolute atomic E-state index is 0.355. The SMILES string of the molecule is CC(C)COc1nc(N2CC3CCC(C2)O3)ccc1N. The van der Waals surface area contributed by atoms with Crippen LogP contribution in [0.15, 0.2) is 12.1 Å². The summed E-state index contributed by atoms with van der Waals surface area (Å²) in [5.41, 5.74) is 6.54. The predicted octanol–water partition coefficient (Wildman–Crippen LogP) is 2.07. The van der Waals surface area contributed by atoms with Crippen LogP contribution in [0.4, 0.5) is 11.5 Å². The molecule has 2 bridgehead atoms. The number of ether oxygens (including phenoxy) is 2. The number of nitrogens with zero attached hydrogens (tertiary/aromatic N) is 2. The Morgan fingerprint density at radius 2 is 2.05 bits per heavy atom. The Kier molecular flexibility index (Phi) is 3.70. The quantitative estimate of drug-likeness (QED) is 0.913. The largest absolute Gasteiger partial charge is 0.476 e. The number of morpholine rings is 1. The van der Waals surface area contributed by atoms with Crippen LogP contribution in [0.2, 0.25) is 0 Å². The standard InChI is InChI=1S/C15H23N3O2/c1-10(2)9-19-15-13(16)5-6-14(17-15)18-7-11-3-4-12(8-18)20-11/h5-6,10-12H,3-4,7-9,16H2,1-2H3. The van der Waals surface area contributed by atoms with Crippen LogP contribution in [0.3, 0.4) is 0 Å². The van der Waals surface area contributed by atoms with Crippen molar-refractivity contribution in [2.45, 2.75) is 38.9 Å². The topological polar surface area (TPSA) is 60.6 Å². The molecule has 0 radical (unpaired) electrons. The van der Waals surface area contributed by atoms with Crippen LogP contribution in [0.5, 0.6) is 5.88 Å². The number of hydrogen-bond acceptors (Lipinski definition) is 5. The van der Waals surface area contributed by atoms with Gasteiger partial charge in [-0.25, -0.2) is 0 Å². The lowest BCUT2D eigenvalue weighted by atomic mass is 10.2. The maximum absolute atomic E-state index is 5.94. The van der Waals surface area contributed by atoms with Gasteiger partial charge in [0.1, 0.15) is 5.82 Å². The molecule has 3 heterocycles. The zero-order valence-corrected chi connectivity index (χ0v) is 12.2. The summed E-state index contributed by atoms with van der Waals surface area (Å²) >= 11 is 0. The van der Waals surface area contributed by atoms with Crippen LogP contribution in [0, 0.1) is 5.92 Å². The Morgan fingerprint density at radius 3 is 2.70 bits per heavy atom. The molecule has 1 aromatic rings. The molecule has 2 fully saturated rings. The van der Waals surface area contributed by atoms with E-state index in [-0.39, 0.29) is 0 Å². The summed E-state index contributed by atoms with van der Waals surface area (Å²) < 4.78 is 11.6. The van der Waals surface area contributed by atoms with E-state index in [0.717, 1.165) is 31.7 Å². The number of rotatable bonds is 4. The second-order valence-corrected chi connectivity index (χ2v) is 6.13. The van der Waals surface area contributed by atoms with Crippen molar-refractivity contribution in [3.05, 3.63) is 12.1 Å². The maximum atomic E-state index is 5.94. The molecule has 2 atom stereocenters. The second-order valence-electron chi connectivity index (χ2n) is 6.13. The van der Waals surface area contributed by atoms with Gasteiger partial charge in [-0.05, 0) is 30.9 Å². The summed E-state index contributed by atoms with van der Waals surface area (Å²) in [5, 5.41) is 0. The van der Waals surface area contributed by atoms with Crippen molar-refractivity contribution >= 4 is 11.5 Å². The van der Waals surface area contributed by atoms with Crippen LogP contribution < -0.4 is 15.4 Å². The van der Waals surface area contributed by atoms with Gasteiger partial charge in [0, 0.05) is 13.1 Å². The number of aromatic nitrogens is 1. The Labute approximate surface area is 120 Å². The summed E-state index contributed by atoms with van der Waals surface area (Å²) in [6, 6.07) is 3.86. The molecule has 110 valence electrons. The Hall–Kier alpha value is -1.49. The number of fused-ring (bicyclic) bond motifs is 2. The zero-order valence-electron chi connectivity index (χ0n) is 12.2. The summed E-state index contributed by atoms with van der Waals surface area (Å²) in [4.78, 5) is 6.87. The van der Waals surface area contributed by atoms with E-state index in [1.54, 1.807) is 0 Å². The molecule has 3 rings (SSSR count). The van der Waals surface area contributed by atoms with Gasteiger partial charge in [0.2, 0.25) is 5.88 Å². The Bertz CT molecular complexity index is 466. The molecule has 2 aliphatic rings. The maximum Gasteiger partial charge on any atom is 0.239 e. The first kappa shape index (κ1) is 13.5. The number of nitrogens with two attached hydrogens (primary N) is 1. The minimum Gasteiger partial charge on any atom is -0.476 e. The van der Waals surface area contributed by atoms with Crippen LogP contribution in [0.1, 0.15) is 26.7 Å². The van der Waals surface area contributed by atoms with Gasteiger partial charge in [-0.3, -0.25) is 0 Å². The highest BCUT2D eigenvalue weighted by Gasteiger charge is 2.34. The number of pyridine rings is 1. The van der Waals surface area contributed by atoms with Crippen molar-refractivity contribution in [3.8, 4) is 5.88 Å². The fourth-order valence-electron chi connectivity index (χ4n) is 2.78. The molecule has 0 saturated carbocycles. The van der Waals surface area contributed by atoms with Crippen molar-refractivity contribution in [1.29, 1.82) is 0 Å². The summed E-state index contributed by atoms with van der Waals surface area (Å²) in [6.45, 7) is 6.68. The van der Waals surface area contributed by atoms with Crippen LogP contribution in [0.25, 0.3) is 0 Å². The van der Waals surface area contributed by atoms with Gasteiger partial charge in [0.05, 0.1) is 24.5 Å². The number of anilines is 2. The van der Waals surface area contributed by atoms with Crippen LogP contribution in [-0.2, 0) is 4.74 Å². The monoisotopic (exact) mass is 277 g/mol. The van der Waals surface area contributed by atoms with E-state index < -0.39 is 0 Å². The Balaban J connectivity index is 1.74. The first-order valence-electron chi connectivity index (χ1n) is 7.41. The van der Waals surface area contributed by atoms with Gasteiger partial charge < -0.3 is 20.1 Å². The van der Waals surface area contributed by atoms with Crippen molar-refractivity contribution in [1.82, 2.24) is 4.98 Å². The van der Waals surface area contributed by atoms with Crippen molar-refractivity contribution in [3.63, 3.8) is 0 Å². The average molecular weight is 277 g/mol. The highest BCUT2D eigenvalue weighted by Crippen LogP contribution is 2.30. The van der Waals surface area contributed by atoms with E-state index in [4.69, 9.17) is 15.2 Å². The van der Waals surface area contributed by atoms with Crippen molar-refractivity contribution < 1.29 is 9.47 Å². The number of nitrogen functional groups attached to an aromatic ring is 1. The molecule has 2 aliphatic heterocycles. The summed E-state index contributed by atoms with van der Waals surface area (Å²) in [7, 11) is 0.